The Morgan fingerprint density at radius 2 is 1.93 bits per heavy atom. The lowest BCUT2D eigenvalue weighted by atomic mass is 10.1. The topological polar surface area (TPSA) is 73.7 Å². The van der Waals surface area contributed by atoms with Crippen LogP contribution in [-0.4, -0.2) is 55.4 Å². The number of aryl methyl sites for hydroxylation is 1. The molecule has 0 aliphatic carbocycles. The van der Waals surface area contributed by atoms with Crippen molar-refractivity contribution in [2.24, 2.45) is 0 Å². The summed E-state index contributed by atoms with van der Waals surface area (Å²) < 4.78 is 40.5. The summed E-state index contributed by atoms with van der Waals surface area (Å²) in [6.45, 7) is 4.24. The summed E-state index contributed by atoms with van der Waals surface area (Å²) in [5.74, 6) is 0. The Labute approximate surface area is 159 Å². The zero-order valence-corrected chi connectivity index (χ0v) is 16.3. The third kappa shape index (κ3) is 3.80. The van der Waals surface area contributed by atoms with Gasteiger partial charge in [-0.15, -0.1) is 0 Å². The molecule has 0 bridgehead atoms. The second-order valence-corrected chi connectivity index (χ2v) is 8.93. The third-order valence-electron chi connectivity index (χ3n) is 5.16. The van der Waals surface area contributed by atoms with Crippen LogP contribution in [0.3, 0.4) is 0 Å². The fraction of sp³-hybridized carbons (Fsp3) is 0.526. The number of sulfonamides is 1. The molecule has 2 aliphatic heterocycles. The lowest BCUT2D eigenvalue weighted by molar-refractivity contribution is -0.0394. The van der Waals surface area contributed by atoms with E-state index in [2.05, 4.69) is 5.10 Å². The molecule has 2 fully saturated rings. The fourth-order valence-electron chi connectivity index (χ4n) is 3.56. The van der Waals surface area contributed by atoms with Gasteiger partial charge in [0.15, 0.2) is 0 Å². The minimum Gasteiger partial charge on any atom is -0.379 e. The van der Waals surface area contributed by atoms with Gasteiger partial charge in [0.2, 0.25) is 10.0 Å². The molecule has 7 nitrogen and oxygen atoms in total. The summed E-state index contributed by atoms with van der Waals surface area (Å²) in [6, 6.07) is 5.55. The largest absolute Gasteiger partial charge is 0.379 e. The van der Waals surface area contributed by atoms with Gasteiger partial charge in [-0.25, -0.2) is 13.1 Å². The number of morpholine rings is 1. The van der Waals surface area contributed by atoms with Crippen molar-refractivity contribution < 1.29 is 17.9 Å². The number of benzene rings is 1. The van der Waals surface area contributed by atoms with Crippen LogP contribution in [0.25, 0.3) is 11.1 Å². The first-order chi connectivity index (χ1) is 13.1. The number of rotatable bonds is 4. The van der Waals surface area contributed by atoms with E-state index in [4.69, 9.17) is 9.47 Å². The van der Waals surface area contributed by atoms with E-state index in [9.17, 15) is 8.42 Å². The van der Waals surface area contributed by atoms with Crippen molar-refractivity contribution in [2.45, 2.75) is 37.3 Å². The predicted octanol–water partition coefficient (Wildman–Crippen LogP) is 2.58. The molecule has 1 aromatic heterocycles. The highest BCUT2D eigenvalue weighted by molar-refractivity contribution is 7.89. The van der Waals surface area contributed by atoms with Gasteiger partial charge < -0.3 is 9.47 Å². The first-order valence-corrected chi connectivity index (χ1v) is 10.8. The molecule has 1 aromatic carbocycles. The Balaban J connectivity index is 1.63. The van der Waals surface area contributed by atoms with Crippen LogP contribution in [0, 0.1) is 6.92 Å². The number of aromatic nitrogens is 2. The molecular formula is C19H25N3O4S. The Bertz CT molecular complexity index is 897. The minimum atomic E-state index is -3.54. The minimum absolute atomic E-state index is 0.0329. The van der Waals surface area contributed by atoms with Crippen LogP contribution in [0.2, 0.25) is 0 Å². The highest BCUT2D eigenvalue weighted by Crippen LogP contribution is 2.29. The van der Waals surface area contributed by atoms with Crippen molar-refractivity contribution >= 4 is 10.0 Å². The Kier molecular flexibility index (Phi) is 5.32. The molecule has 4 rings (SSSR count). The van der Waals surface area contributed by atoms with Gasteiger partial charge in [-0.1, -0.05) is 12.1 Å². The van der Waals surface area contributed by atoms with Crippen molar-refractivity contribution in [1.82, 2.24) is 14.1 Å². The molecular weight excluding hydrogens is 366 g/mol. The van der Waals surface area contributed by atoms with Crippen LogP contribution >= 0.6 is 0 Å². The van der Waals surface area contributed by atoms with Gasteiger partial charge in [0.1, 0.15) is 6.23 Å². The SMILES string of the molecule is Cc1ccc(-c2cnn(C3CCCCO3)c2)cc1S(=O)(=O)N1CCOCC1. The summed E-state index contributed by atoms with van der Waals surface area (Å²) in [7, 11) is -3.54. The molecule has 0 spiro atoms. The molecule has 0 saturated carbocycles. The molecule has 2 saturated heterocycles. The van der Waals surface area contributed by atoms with Crippen LogP contribution in [0.1, 0.15) is 31.1 Å². The van der Waals surface area contributed by atoms with E-state index in [0.29, 0.717) is 31.2 Å². The molecule has 0 N–H and O–H groups in total. The van der Waals surface area contributed by atoms with Crippen LogP contribution < -0.4 is 0 Å². The van der Waals surface area contributed by atoms with Gasteiger partial charge in [0, 0.05) is 31.5 Å². The second kappa shape index (κ2) is 7.71. The average Bonchev–Trinajstić information content (AvgIpc) is 3.20. The smallest absolute Gasteiger partial charge is 0.243 e. The van der Waals surface area contributed by atoms with E-state index < -0.39 is 10.0 Å². The Morgan fingerprint density at radius 1 is 1.11 bits per heavy atom. The van der Waals surface area contributed by atoms with Crippen molar-refractivity contribution in [3.63, 3.8) is 0 Å². The summed E-state index contributed by atoms with van der Waals surface area (Å²) in [6.07, 6.45) is 6.85. The molecule has 1 atom stereocenters. The molecule has 8 heteroatoms. The van der Waals surface area contributed by atoms with Crippen LogP contribution in [0.5, 0.6) is 0 Å². The molecule has 2 aliphatic rings. The lowest BCUT2D eigenvalue weighted by Crippen LogP contribution is -2.40. The molecule has 2 aromatic rings. The van der Waals surface area contributed by atoms with Crippen LogP contribution in [-0.2, 0) is 19.5 Å². The van der Waals surface area contributed by atoms with Gasteiger partial charge >= 0.3 is 0 Å². The lowest BCUT2D eigenvalue weighted by Gasteiger charge is -2.26. The number of nitrogens with zero attached hydrogens (tertiary/aromatic N) is 3. The maximum Gasteiger partial charge on any atom is 0.243 e. The van der Waals surface area contributed by atoms with E-state index in [0.717, 1.165) is 42.6 Å². The molecule has 0 amide bonds. The maximum absolute atomic E-state index is 13.1. The summed E-state index contributed by atoms with van der Waals surface area (Å²) in [4.78, 5) is 0.351. The average molecular weight is 391 g/mol. The monoisotopic (exact) mass is 391 g/mol. The van der Waals surface area contributed by atoms with Crippen molar-refractivity contribution in [3.8, 4) is 11.1 Å². The van der Waals surface area contributed by atoms with Crippen LogP contribution in [0.15, 0.2) is 35.5 Å². The molecule has 3 heterocycles. The third-order valence-corrected chi connectivity index (χ3v) is 7.20. The normalized spacial score (nSPS) is 22.0. The summed E-state index contributed by atoms with van der Waals surface area (Å²) >= 11 is 0. The quantitative estimate of drug-likeness (QED) is 0.801. The number of hydrogen-bond acceptors (Lipinski definition) is 5. The van der Waals surface area contributed by atoms with Crippen molar-refractivity contribution in [2.75, 3.05) is 32.9 Å². The first-order valence-electron chi connectivity index (χ1n) is 9.40. The second-order valence-electron chi connectivity index (χ2n) is 7.03. The summed E-state index contributed by atoms with van der Waals surface area (Å²) in [5.41, 5.74) is 2.48. The zero-order valence-electron chi connectivity index (χ0n) is 15.5. The number of ether oxygens (including phenoxy) is 2. The van der Waals surface area contributed by atoms with E-state index in [1.165, 1.54) is 4.31 Å². The van der Waals surface area contributed by atoms with E-state index in [1.54, 1.807) is 12.3 Å². The van der Waals surface area contributed by atoms with Gasteiger partial charge in [0.25, 0.3) is 0 Å². The highest BCUT2D eigenvalue weighted by Gasteiger charge is 2.28. The van der Waals surface area contributed by atoms with Gasteiger partial charge in [0.05, 0.1) is 24.3 Å². The molecule has 0 radical (unpaired) electrons. The van der Waals surface area contributed by atoms with E-state index in [1.807, 2.05) is 29.9 Å². The van der Waals surface area contributed by atoms with Crippen molar-refractivity contribution in [1.29, 1.82) is 0 Å². The van der Waals surface area contributed by atoms with Crippen LogP contribution in [0.4, 0.5) is 0 Å². The molecule has 1 unspecified atom stereocenters. The van der Waals surface area contributed by atoms with Crippen molar-refractivity contribution in [3.05, 3.63) is 36.2 Å². The van der Waals surface area contributed by atoms with E-state index in [-0.39, 0.29) is 6.23 Å². The highest BCUT2D eigenvalue weighted by atomic mass is 32.2. The fourth-order valence-corrected chi connectivity index (χ4v) is 5.22. The standard InChI is InChI=1S/C19H25N3O4S/c1-15-5-6-16(12-18(15)27(23,24)21-7-10-25-11-8-21)17-13-20-22(14-17)19-4-2-3-9-26-19/h5-6,12-14,19H,2-4,7-11H2,1H3. The Hall–Kier alpha value is -1.74. The number of hydrogen-bond donors (Lipinski definition) is 0. The van der Waals surface area contributed by atoms with Gasteiger partial charge in [-0.05, 0) is 43.4 Å². The molecule has 27 heavy (non-hydrogen) atoms. The first kappa shape index (κ1) is 18.6. The predicted molar refractivity (Wildman–Crippen MR) is 101 cm³/mol. The summed E-state index contributed by atoms with van der Waals surface area (Å²) in [5, 5.41) is 4.44. The van der Waals surface area contributed by atoms with Gasteiger partial charge in [-0.2, -0.15) is 9.40 Å². The van der Waals surface area contributed by atoms with E-state index >= 15 is 0 Å². The maximum atomic E-state index is 13.1. The Morgan fingerprint density at radius 3 is 2.67 bits per heavy atom. The van der Waals surface area contributed by atoms with Gasteiger partial charge in [-0.3, -0.25) is 0 Å². The zero-order chi connectivity index (χ0) is 18.9. The molecule has 146 valence electrons.